The number of hydrogen-bond donors (Lipinski definition) is 0. The van der Waals surface area contributed by atoms with E-state index in [0.29, 0.717) is 0 Å². The number of hydrazone groups is 1. The minimum atomic E-state index is 0.0423. The summed E-state index contributed by atoms with van der Waals surface area (Å²) in [6, 6.07) is 7.63. The van der Waals surface area contributed by atoms with Crippen molar-refractivity contribution < 1.29 is 0 Å². The van der Waals surface area contributed by atoms with E-state index in [1.807, 2.05) is 48.3 Å². The molecule has 1 aliphatic heterocycles. The molecule has 1 atom stereocenters. The van der Waals surface area contributed by atoms with Crippen LogP contribution >= 0.6 is 23.8 Å². The molecule has 84 valence electrons. The van der Waals surface area contributed by atoms with E-state index >= 15 is 0 Å². The van der Waals surface area contributed by atoms with E-state index in [2.05, 4.69) is 5.10 Å². The van der Waals surface area contributed by atoms with Gasteiger partial charge in [-0.15, -0.1) is 0 Å². The Morgan fingerprint density at radius 3 is 2.44 bits per heavy atom. The van der Waals surface area contributed by atoms with Crippen molar-refractivity contribution in [2.75, 3.05) is 14.1 Å². The monoisotopic (exact) mass is 253 g/mol. The predicted octanol–water partition coefficient (Wildman–Crippen LogP) is 2.20. The first kappa shape index (κ1) is 11.4. The normalized spacial score (nSPS) is 19.9. The summed E-state index contributed by atoms with van der Waals surface area (Å²) in [4.78, 5) is 2.04. The van der Waals surface area contributed by atoms with Crippen molar-refractivity contribution in [3.8, 4) is 0 Å². The third kappa shape index (κ3) is 1.90. The zero-order chi connectivity index (χ0) is 11.7. The van der Waals surface area contributed by atoms with Gasteiger partial charge in [0.2, 0.25) is 0 Å². The lowest BCUT2D eigenvalue weighted by molar-refractivity contribution is 0.253. The van der Waals surface area contributed by atoms with Crippen LogP contribution in [-0.4, -0.2) is 41.4 Å². The fourth-order valence-corrected chi connectivity index (χ4v) is 2.18. The van der Waals surface area contributed by atoms with Crippen LogP contribution in [0.2, 0.25) is 5.02 Å². The van der Waals surface area contributed by atoms with Crippen molar-refractivity contribution in [1.82, 2.24) is 9.91 Å². The molecule has 0 N–H and O–H groups in total. The van der Waals surface area contributed by atoms with Gasteiger partial charge in [0, 0.05) is 30.0 Å². The Morgan fingerprint density at radius 1 is 1.31 bits per heavy atom. The SMILES string of the molecule is CN1N=C(c2ccc(Cl)cc2)N(C)C1C=S. The number of amidine groups is 1. The van der Waals surface area contributed by atoms with E-state index in [1.165, 1.54) is 0 Å². The second kappa shape index (κ2) is 4.39. The molecule has 0 radical (unpaired) electrons. The molecule has 0 bridgehead atoms. The first-order valence-corrected chi connectivity index (χ1v) is 5.74. The Labute approximate surface area is 105 Å². The van der Waals surface area contributed by atoms with E-state index in [0.717, 1.165) is 16.4 Å². The molecule has 1 heterocycles. The molecule has 1 aliphatic rings. The second-order valence-electron chi connectivity index (χ2n) is 3.66. The molecule has 0 saturated heterocycles. The van der Waals surface area contributed by atoms with Gasteiger partial charge in [0.15, 0.2) is 5.84 Å². The summed E-state index contributed by atoms with van der Waals surface area (Å²) in [5.41, 5.74) is 1.04. The van der Waals surface area contributed by atoms with Crippen LogP contribution in [0.25, 0.3) is 0 Å². The van der Waals surface area contributed by atoms with E-state index in [1.54, 1.807) is 5.37 Å². The van der Waals surface area contributed by atoms with E-state index in [9.17, 15) is 0 Å². The number of thiocarbonyl (C=S) groups is 1. The lowest BCUT2D eigenvalue weighted by Crippen LogP contribution is -2.38. The Kier molecular flexibility index (Phi) is 3.12. The van der Waals surface area contributed by atoms with Crippen molar-refractivity contribution in [1.29, 1.82) is 0 Å². The highest BCUT2D eigenvalue weighted by Gasteiger charge is 2.27. The fourth-order valence-electron chi connectivity index (χ4n) is 1.69. The number of nitrogens with zero attached hydrogens (tertiary/aromatic N) is 3. The third-order valence-electron chi connectivity index (χ3n) is 2.59. The van der Waals surface area contributed by atoms with E-state index in [4.69, 9.17) is 23.8 Å². The molecule has 0 fully saturated rings. The highest BCUT2D eigenvalue weighted by molar-refractivity contribution is 7.79. The smallest absolute Gasteiger partial charge is 0.157 e. The second-order valence-corrected chi connectivity index (χ2v) is 4.37. The maximum absolute atomic E-state index is 5.85. The van der Waals surface area contributed by atoms with E-state index in [-0.39, 0.29) is 6.17 Å². The van der Waals surface area contributed by atoms with Crippen molar-refractivity contribution in [3.63, 3.8) is 0 Å². The lowest BCUT2D eigenvalue weighted by Gasteiger charge is -2.22. The molecule has 1 aromatic carbocycles. The Hall–Kier alpha value is -1.13. The third-order valence-corrected chi connectivity index (χ3v) is 3.09. The molecule has 16 heavy (non-hydrogen) atoms. The molecular weight excluding hydrogens is 242 g/mol. The molecule has 0 aliphatic carbocycles. The van der Waals surface area contributed by atoms with Crippen LogP contribution in [0, 0.1) is 0 Å². The highest BCUT2D eigenvalue weighted by Crippen LogP contribution is 2.18. The van der Waals surface area contributed by atoms with Crippen LogP contribution in [-0.2, 0) is 0 Å². The quantitative estimate of drug-likeness (QED) is 0.753. The fraction of sp³-hybridized carbons (Fsp3) is 0.273. The molecule has 3 nitrogen and oxygen atoms in total. The summed E-state index contributed by atoms with van der Waals surface area (Å²) in [6.45, 7) is 0. The van der Waals surface area contributed by atoms with Crippen molar-refractivity contribution >= 4 is 35.0 Å². The number of benzene rings is 1. The molecular formula is C11H12ClN3S. The van der Waals surface area contributed by atoms with Gasteiger partial charge >= 0.3 is 0 Å². The summed E-state index contributed by atoms with van der Waals surface area (Å²) in [5, 5.41) is 8.73. The van der Waals surface area contributed by atoms with Gasteiger partial charge in [0.1, 0.15) is 6.17 Å². The van der Waals surface area contributed by atoms with Gasteiger partial charge in [0.05, 0.1) is 0 Å². The van der Waals surface area contributed by atoms with Gasteiger partial charge in [-0.05, 0) is 24.3 Å². The van der Waals surface area contributed by atoms with Crippen LogP contribution in [0.15, 0.2) is 29.4 Å². The topological polar surface area (TPSA) is 18.8 Å². The Balaban J connectivity index is 2.32. The molecule has 1 unspecified atom stereocenters. The van der Waals surface area contributed by atoms with Gasteiger partial charge in [-0.2, -0.15) is 5.10 Å². The molecule has 0 spiro atoms. The average molecular weight is 254 g/mol. The lowest BCUT2D eigenvalue weighted by atomic mass is 10.2. The van der Waals surface area contributed by atoms with Gasteiger partial charge in [-0.1, -0.05) is 23.8 Å². The maximum atomic E-state index is 5.85. The largest absolute Gasteiger partial charge is 0.332 e. The molecule has 5 heteroatoms. The maximum Gasteiger partial charge on any atom is 0.157 e. The first-order chi connectivity index (χ1) is 7.63. The van der Waals surface area contributed by atoms with Crippen LogP contribution in [0.4, 0.5) is 0 Å². The highest BCUT2D eigenvalue weighted by atomic mass is 35.5. The van der Waals surface area contributed by atoms with Gasteiger partial charge in [0.25, 0.3) is 0 Å². The zero-order valence-corrected chi connectivity index (χ0v) is 10.7. The van der Waals surface area contributed by atoms with Crippen LogP contribution < -0.4 is 0 Å². The number of halogens is 1. The Bertz CT molecular complexity index is 429. The summed E-state index contributed by atoms with van der Waals surface area (Å²) in [7, 11) is 3.89. The summed E-state index contributed by atoms with van der Waals surface area (Å²) < 4.78 is 0. The molecule has 1 aromatic rings. The molecule has 0 saturated carbocycles. The molecule has 0 aromatic heterocycles. The summed E-state index contributed by atoms with van der Waals surface area (Å²) in [6.07, 6.45) is 0.0423. The zero-order valence-electron chi connectivity index (χ0n) is 9.09. The molecule has 2 rings (SSSR count). The van der Waals surface area contributed by atoms with E-state index < -0.39 is 0 Å². The number of rotatable bonds is 2. The van der Waals surface area contributed by atoms with Crippen LogP contribution in [0.1, 0.15) is 5.56 Å². The predicted molar refractivity (Wildman–Crippen MR) is 71.0 cm³/mol. The Morgan fingerprint density at radius 2 is 1.94 bits per heavy atom. The van der Waals surface area contributed by atoms with Crippen molar-refractivity contribution in [2.24, 2.45) is 5.10 Å². The average Bonchev–Trinajstić information content (AvgIpc) is 2.55. The summed E-state index contributed by atoms with van der Waals surface area (Å²) in [5.74, 6) is 0.908. The van der Waals surface area contributed by atoms with Gasteiger partial charge in [-0.25, -0.2) is 0 Å². The first-order valence-electron chi connectivity index (χ1n) is 4.89. The minimum Gasteiger partial charge on any atom is -0.332 e. The van der Waals surface area contributed by atoms with Crippen LogP contribution in [0.5, 0.6) is 0 Å². The van der Waals surface area contributed by atoms with Gasteiger partial charge in [-0.3, -0.25) is 5.01 Å². The van der Waals surface area contributed by atoms with Gasteiger partial charge < -0.3 is 4.90 Å². The summed E-state index contributed by atoms with van der Waals surface area (Å²) >= 11 is 10.8. The van der Waals surface area contributed by atoms with Crippen LogP contribution in [0.3, 0.4) is 0 Å². The number of hydrogen-bond acceptors (Lipinski definition) is 4. The van der Waals surface area contributed by atoms with Crippen molar-refractivity contribution in [2.45, 2.75) is 6.17 Å². The van der Waals surface area contributed by atoms with Crippen molar-refractivity contribution in [3.05, 3.63) is 34.9 Å². The molecule has 0 amide bonds. The standard InChI is InChI=1S/C11H12ClN3S/c1-14-10(7-16)15(2)13-11(14)8-3-5-9(12)6-4-8/h3-7,10H,1-2H3. The minimum absolute atomic E-state index is 0.0423.